The highest BCUT2D eigenvalue weighted by Gasteiger charge is 2.53. The van der Waals surface area contributed by atoms with Crippen molar-refractivity contribution in [1.29, 1.82) is 0 Å². The molecule has 3 heterocycles. The summed E-state index contributed by atoms with van der Waals surface area (Å²) < 4.78 is 0. The Bertz CT molecular complexity index is 782. The molecular formula is C21H29N3O. The van der Waals surface area contributed by atoms with Crippen LogP contribution in [0.3, 0.4) is 0 Å². The van der Waals surface area contributed by atoms with Gasteiger partial charge in [-0.1, -0.05) is 45.4 Å². The van der Waals surface area contributed by atoms with Crippen LogP contribution < -0.4 is 0 Å². The molecule has 2 fully saturated rings. The van der Waals surface area contributed by atoms with Crippen LogP contribution >= 0.6 is 0 Å². The molecule has 1 aromatic carbocycles. The summed E-state index contributed by atoms with van der Waals surface area (Å²) in [5.74, 6) is 1.47. The highest BCUT2D eigenvalue weighted by Crippen LogP contribution is 2.42. The van der Waals surface area contributed by atoms with Gasteiger partial charge in [-0.2, -0.15) is 0 Å². The number of benzene rings is 1. The molecule has 0 saturated carbocycles. The first kappa shape index (κ1) is 16.6. The lowest BCUT2D eigenvalue weighted by Gasteiger charge is -2.31. The molecule has 0 bridgehead atoms. The molecule has 2 saturated heterocycles. The smallest absolute Gasteiger partial charge is 0.241 e. The Morgan fingerprint density at radius 3 is 2.84 bits per heavy atom. The summed E-state index contributed by atoms with van der Waals surface area (Å²) in [7, 11) is 2.13. The third-order valence-corrected chi connectivity index (χ3v) is 6.62. The van der Waals surface area contributed by atoms with Gasteiger partial charge >= 0.3 is 0 Å². The lowest BCUT2D eigenvalue weighted by molar-refractivity contribution is -0.132. The molecule has 4 heteroatoms. The molecule has 5 unspecified atom stereocenters. The number of carbonyl (C=O) groups is 1. The van der Waals surface area contributed by atoms with Crippen molar-refractivity contribution in [2.75, 3.05) is 7.05 Å². The Morgan fingerprint density at radius 1 is 1.32 bits per heavy atom. The number of fused-ring (bicyclic) bond motifs is 2. The predicted molar refractivity (Wildman–Crippen MR) is 101 cm³/mol. The third kappa shape index (κ3) is 2.50. The number of para-hydroxylation sites is 1. The van der Waals surface area contributed by atoms with Crippen LogP contribution in [0.4, 0.5) is 0 Å². The molecule has 2 aliphatic heterocycles. The van der Waals surface area contributed by atoms with Crippen molar-refractivity contribution in [2.45, 2.75) is 58.3 Å². The van der Waals surface area contributed by atoms with Crippen LogP contribution in [0.1, 0.15) is 39.2 Å². The average Bonchev–Trinajstić information content (AvgIpc) is 3.24. The van der Waals surface area contributed by atoms with E-state index in [0.29, 0.717) is 23.8 Å². The van der Waals surface area contributed by atoms with Crippen LogP contribution in [0.25, 0.3) is 10.9 Å². The molecule has 0 aliphatic carbocycles. The summed E-state index contributed by atoms with van der Waals surface area (Å²) in [6, 6.07) is 8.70. The van der Waals surface area contributed by atoms with Crippen LogP contribution in [0.15, 0.2) is 30.5 Å². The number of aromatic nitrogens is 1. The Hall–Kier alpha value is -1.81. The number of rotatable bonds is 4. The minimum absolute atomic E-state index is 0.0386. The fourth-order valence-corrected chi connectivity index (χ4v) is 5.09. The van der Waals surface area contributed by atoms with Crippen LogP contribution in [0, 0.1) is 11.8 Å². The minimum Gasteiger partial charge on any atom is -0.361 e. The van der Waals surface area contributed by atoms with Gasteiger partial charge in [-0.05, 0) is 43.4 Å². The van der Waals surface area contributed by atoms with Crippen molar-refractivity contribution in [3.63, 3.8) is 0 Å². The maximum atomic E-state index is 13.3. The van der Waals surface area contributed by atoms with E-state index < -0.39 is 0 Å². The lowest BCUT2D eigenvalue weighted by Crippen LogP contribution is -2.43. The maximum absolute atomic E-state index is 13.3. The largest absolute Gasteiger partial charge is 0.361 e. The molecule has 4 rings (SSSR count). The third-order valence-electron chi connectivity index (χ3n) is 6.62. The van der Waals surface area contributed by atoms with E-state index in [1.807, 2.05) is 6.07 Å². The lowest BCUT2D eigenvalue weighted by atomic mass is 9.89. The first-order valence-electron chi connectivity index (χ1n) is 9.62. The summed E-state index contributed by atoms with van der Waals surface area (Å²) >= 11 is 0. The van der Waals surface area contributed by atoms with Gasteiger partial charge < -0.3 is 9.88 Å². The van der Waals surface area contributed by atoms with Gasteiger partial charge in [0.2, 0.25) is 5.91 Å². The molecular weight excluding hydrogens is 310 g/mol. The molecule has 134 valence electrons. The van der Waals surface area contributed by atoms with Crippen molar-refractivity contribution < 1.29 is 4.79 Å². The van der Waals surface area contributed by atoms with Gasteiger partial charge in [0, 0.05) is 23.1 Å². The first-order chi connectivity index (χ1) is 12.0. The second-order valence-corrected chi connectivity index (χ2v) is 8.06. The summed E-state index contributed by atoms with van der Waals surface area (Å²) in [5, 5.41) is 1.24. The molecule has 4 nitrogen and oxygen atoms in total. The Labute approximate surface area is 150 Å². The quantitative estimate of drug-likeness (QED) is 0.924. The van der Waals surface area contributed by atoms with Crippen LogP contribution in [0.5, 0.6) is 0 Å². The van der Waals surface area contributed by atoms with Crippen molar-refractivity contribution in [3.8, 4) is 0 Å². The van der Waals surface area contributed by atoms with E-state index in [4.69, 9.17) is 0 Å². The molecule has 5 atom stereocenters. The van der Waals surface area contributed by atoms with Crippen LogP contribution in [-0.2, 0) is 11.2 Å². The first-order valence-corrected chi connectivity index (χ1v) is 9.62. The summed E-state index contributed by atoms with van der Waals surface area (Å²) in [6.07, 6.45) is 5.36. The SMILES string of the molecule is CCC(C)C1C(C)CC2N(C)C(Cc3c[nH]c4ccccc34)C(=O)N12. The number of amides is 1. The van der Waals surface area contributed by atoms with Gasteiger partial charge in [-0.25, -0.2) is 0 Å². The van der Waals surface area contributed by atoms with Gasteiger partial charge in [-0.15, -0.1) is 0 Å². The molecule has 0 radical (unpaired) electrons. The number of hydrogen-bond acceptors (Lipinski definition) is 2. The number of nitrogens with one attached hydrogen (secondary N) is 1. The number of H-pyrrole nitrogens is 1. The summed E-state index contributed by atoms with van der Waals surface area (Å²) in [4.78, 5) is 21.2. The molecule has 2 aromatic rings. The molecule has 1 aromatic heterocycles. The molecule has 1 amide bonds. The van der Waals surface area contributed by atoms with E-state index in [1.54, 1.807) is 0 Å². The topological polar surface area (TPSA) is 39.3 Å². The van der Waals surface area contributed by atoms with Crippen molar-refractivity contribution in [1.82, 2.24) is 14.8 Å². The predicted octanol–water partition coefficient (Wildman–Crippen LogP) is 3.63. The van der Waals surface area contributed by atoms with Gasteiger partial charge in [0.15, 0.2) is 0 Å². The van der Waals surface area contributed by atoms with E-state index in [0.717, 1.165) is 24.8 Å². The number of nitrogens with zero attached hydrogens (tertiary/aromatic N) is 2. The van der Waals surface area contributed by atoms with E-state index in [-0.39, 0.29) is 12.2 Å². The Balaban J connectivity index is 1.61. The molecule has 25 heavy (non-hydrogen) atoms. The second kappa shape index (κ2) is 6.17. The zero-order valence-corrected chi connectivity index (χ0v) is 15.7. The van der Waals surface area contributed by atoms with Crippen LogP contribution in [-0.4, -0.2) is 46.0 Å². The zero-order valence-electron chi connectivity index (χ0n) is 15.7. The van der Waals surface area contributed by atoms with Gasteiger partial charge in [0.05, 0.1) is 12.2 Å². The molecule has 1 N–H and O–H groups in total. The van der Waals surface area contributed by atoms with Crippen molar-refractivity contribution in [2.24, 2.45) is 11.8 Å². The van der Waals surface area contributed by atoms with E-state index in [9.17, 15) is 4.79 Å². The van der Waals surface area contributed by atoms with Gasteiger partial charge in [-0.3, -0.25) is 9.69 Å². The normalized spacial score (nSPS) is 31.0. The number of likely N-dealkylation sites (N-methyl/N-ethyl adjacent to an activating group) is 1. The number of carbonyl (C=O) groups excluding carboxylic acids is 1. The van der Waals surface area contributed by atoms with E-state index in [1.165, 1.54) is 10.9 Å². The fraction of sp³-hybridized carbons (Fsp3) is 0.571. The summed E-state index contributed by atoms with van der Waals surface area (Å²) in [5.41, 5.74) is 2.40. The van der Waals surface area contributed by atoms with E-state index in [2.05, 4.69) is 67.0 Å². The average molecular weight is 339 g/mol. The van der Waals surface area contributed by atoms with Gasteiger partial charge in [0.25, 0.3) is 0 Å². The summed E-state index contributed by atoms with van der Waals surface area (Å²) in [6.45, 7) is 6.84. The highest BCUT2D eigenvalue weighted by atomic mass is 16.2. The van der Waals surface area contributed by atoms with Crippen molar-refractivity contribution >= 4 is 16.8 Å². The second-order valence-electron chi connectivity index (χ2n) is 8.06. The standard InChI is InChI=1S/C21H29N3O/c1-5-13(2)20-14(3)10-19-23(4)18(21(25)24(19)20)11-15-12-22-17-9-7-6-8-16(15)17/h6-9,12-14,18-20,22H,5,10-11H2,1-4H3. The van der Waals surface area contributed by atoms with E-state index >= 15 is 0 Å². The molecule has 2 aliphatic rings. The van der Waals surface area contributed by atoms with Crippen molar-refractivity contribution in [3.05, 3.63) is 36.0 Å². The zero-order chi connectivity index (χ0) is 17.7. The monoisotopic (exact) mass is 339 g/mol. The minimum atomic E-state index is -0.0386. The highest BCUT2D eigenvalue weighted by molar-refractivity contribution is 5.88. The Kier molecular flexibility index (Phi) is 4.11. The number of hydrogen-bond donors (Lipinski definition) is 1. The number of aromatic amines is 1. The molecule has 0 spiro atoms. The fourth-order valence-electron chi connectivity index (χ4n) is 5.09. The Morgan fingerprint density at radius 2 is 2.08 bits per heavy atom. The maximum Gasteiger partial charge on any atom is 0.241 e. The van der Waals surface area contributed by atoms with Gasteiger partial charge in [0.1, 0.15) is 0 Å². The van der Waals surface area contributed by atoms with Crippen LogP contribution in [0.2, 0.25) is 0 Å².